The summed E-state index contributed by atoms with van der Waals surface area (Å²) in [5, 5.41) is 6.33. The van der Waals surface area contributed by atoms with Crippen molar-refractivity contribution in [2.75, 3.05) is 50.1 Å². The third-order valence-corrected chi connectivity index (χ3v) is 7.94. The Bertz CT molecular complexity index is 906. The summed E-state index contributed by atoms with van der Waals surface area (Å²) in [5.41, 5.74) is 1.20. The third-order valence-electron chi connectivity index (χ3n) is 6.04. The Balaban J connectivity index is 1.56. The summed E-state index contributed by atoms with van der Waals surface area (Å²) in [6.07, 6.45) is 8.67. The van der Waals surface area contributed by atoms with Gasteiger partial charge in [0.2, 0.25) is 15.9 Å². The van der Waals surface area contributed by atoms with E-state index < -0.39 is 10.0 Å². The topological polar surface area (TPSA) is 97.0 Å². The summed E-state index contributed by atoms with van der Waals surface area (Å²) < 4.78 is 38.6. The zero-order chi connectivity index (χ0) is 21.7. The van der Waals surface area contributed by atoms with Crippen LogP contribution in [0, 0.1) is 5.92 Å². The number of sulfonamides is 1. The van der Waals surface area contributed by atoms with Crippen LogP contribution in [-0.2, 0) is 24.3 Å². The van der Waals surface area contributed by atoms with E-state index in [9.17, 15) is 13.2 Å². The monoisotopic (exact) mass is 449 g/mol. The molecule has 1 amide bonds. The van der Waals surface area contributed by atoms with Gasteiger partial charge in [0, 0.05) is 32.2 Å². The van der Waals surface area contributed by atoms with Crippen LogP contribution in [0.3, 0.4) is 0 Å². The number of morpholine rings is 1. The van der Waals surface area contributed by atoms with Crippen molar-refractivity contribution in [3.05, 3.63) is 30.4 Å². The number of carbonyl (C=O) groups excluding carboxylic acids is 1. The first-order valence-electron chi connectivity index (χ1n) is 11.1. The number of ether oxygens (including phenoxy) is 2. The lowest BCUT2D eigenvalue weighted by Gasteiger charge is -2.26. The van der Waals surface area contributed by atoms with Gasteiger partial charge in [-0.1, -0.05) is 12.2 Å². The third kappa shape index (κ3) is 5.46. The molecule has 9 heteroatoms. The van der Waals surface area contributed by atoms with Crippen LogP contribution in [0.25, 0.3) is 0 Å². The van der Waals surface area contributed by atoms with E-state index in [2.05, 4.69) is 16.7 Å². The minimum absolute atomic E-state index is 0.0783. The van der Waals surface area contributed by atoms with E-state index in [1.807, 2.05) is 6.08 Å². The second-order valence-electron chi connectivity index (χ2n) is 8.21. The van der Waals surface area contributed by atoms with Crippen LogP contribution >= 0.6 is 0 Å². The average Bonchev–Trinajstić information content (AvgIpc) is 3.33. The van der Waals surface area contributed by atoms with Crippen LogP contribution < -0.4 is 10.6 Å². The molecule has 4 rings (SSSR count). The van der Waals surface area contributed by atoms with Crippen molar-refractivity contribution < 1.29 is 22.7 Å². The Labute approximate surface area is 184 Å². The maximum absolute atomic E-state index is 13.1. The fourth-order valence-corrected chi connectivity index (χ4v) is 5.61. The zero-order valence-electron chi connectivity index (χ0n) is 17.7. The lowest BCUT2D eigenvalue weighted by molar-refractivity contribution is -0.120. The molecular weight excluding hydrogens is 418 g/mol. The molecule has 2 saturated heterocycles. The van der Waals surface area contributed by atoms with Gasteiger partial charge in [-0.2, -0.15) is 4.31 Å². The van der Waals surface area contributed by atoms with Crippen LogP contribution in [0.2, 0.25) is 0 Å². The molecule has 0 saturated carbocycles. The first kappa shape index (κ1) is 22.3. The van der Waals surface area contributed by atoms with Crippen molar-refractivity contribution in [2.45, 2.75) is 43.1 Å². The highest BCUT2D eigenvalue weighted by Crippen LogP contribution is 2.30. The maximum Gasteiger partial charge on any atom is 0.243 e. The zero-order valence-corrected chi connectivity index (χ0v) is 18.5. The van der Waals surface area contributed by atoms with Gasteiger partial charge in [0.05, 0.1) is 35.6 Å². The molecule has 0 aromatic heterocycles. The highest BCUT2D eigenvalue weighted by Gasteiger charge is 2.28. The Kier molecular flexibility index (Phi) is 7.27. The molecule has 2 aliphatic heterocycles. The molecule has 0 bridgehead atoms. The number of carbonyl (C=O) groups is 1. The van der Waals surface area contributed by atoms with Crippen molar-refractivity contribution >= 4 is 27.3 Å². The molecule has 1 aliphatic carbocycles. The molecule has 0 radical (unpaired) electrons. The molecule has 8 nitrogen and oxygen atoms in total. The minimum Gasteiger partial charge on any atom is -0.381 e. The maximum atomic E-state index is 13.1. The van der Waals surface area contributed by atoms with Gasteiger partial charge in [-0.25, -0.2) is 8.42 Å². The van der Waals surface area contributed by atoms with Gasteiger partial charge < -0.3 is 20.1 Å². The van der Waals surface area contributed by atoms with E-state index in [1.165, 1.54) is 4.31 Å². The van der Waals surface area contributed by atoms with Crippen molar-refractivity contribution in [3.63, 3.8) is 0 Å². The van der Waals surface area contributed by atoms with Crippen molar-refractivity contribution in [3.8, 4) is 0 Å². The van der Waals surface area contributed by atoms with Gasteiger partial charge in [-0.3, -0.25) is 4.79 Å². The van der Waals surface area contributed by atoms with Gasteiger partial charge in [0.1, 0.15) is 0 Å². The van der Waals surface area contributed by atoms with Gasteiger partial charge in [0.25, 0.3) is 0 Å². The molecule has 2 fully saturated rings. The lowest BCUT2D eigenvalue weighted by atomic mass is 9.93. The van der Waals surface area contributed by atoms with Gasteiger partial charge in [-0.05, 0) is 50.3 Å². The summed E-state index contributed by atoms with van der Waals surface area (Å²) in [7, 11) is -3.65. The largest absolute Gasteiger partial charge is 0.381 e. The summed E-state index contributed by atoms with van der Waals surface area (Å²) in [5.74, 6) is -0.180. The molecule has 1 aromatic rings. The number of allylic oxidation sites excluding steroid dienone is 2. The quantitative estimate of drug-likeness (QED) is 0.621. The summed E-state index contributed by atoms with van der Waals surface area (Å²) >= 11 is 0. The Hall–Kier alpha value is -1.94. The van der Waals surface area contributed by atoms with Crippen LogP contribution in [0.5, 0.6) is 0 Å². The van der Waals surface area contributed by atoms with Crippen molar-refractivity contribution in [1.82, 2.24) is 4.31 Å². The van der Waals surface area contributed by atoms with Crippen LogP contribution in [-0.4, -0.2) is 64.2 Å². The molecule has 0 unspecified atom stereocenters. The minimum atomic E-state index is -3.65. The number of anilines is 2. The van der Waals surface area contributed by atoms with E-state index in [0.717, 1.165) is 32.3 Å². The standard InChI is InChI=1S/C22H31N3O5S/c26-22(17-5-2-1-3-6-17)24-21-15-19(31(27,28)25-10-13-29-14-11-25)8-9-20(21)23-16-18-7-4-12-30-18/h1-2,8-9,15,17-18,23H,3-7,10-14,16H2,(H,24,26)/t17-,18-/m1/s1. The molecule has 0 spiro atoms. The predicted octanol–water partition coefficient (Wildman–Crippen LogP) is 2.59. The summed E-state index contributed by atoms with van der Waals surface area (Å²) in [4.78, 5) is 13.0. The number of benzene rings is 1. The number of hydrogen-bond donors (Lipinski definition) is 2. The molecule has 2 atom stereocenters. The van der Waals surface area contributed by atoms with Crippen molar-refractivity contribution in [2.24, 2.45) is 5.92 Å². The number of nitrogens with zero attached hydrogens (tertiary/aromatic N) is 1. The first-order chi connectivity index (χ1) is 15.0. The highest BCUT2D eigenvalue weighted by molar-refractivity contribution is 7.89. The molecular formula is C22H31N3O5S. The smallest absolute Gasteiger partial charge is 0.243 e. The average molecular weight is 450 g/mol. The number of nitrogens with one attached hydrogen (secondary N) is 2. The Morgan fingerprint density at radius 1 is 1.10 bits per heavy atom. The predicted molar refractivity (Wildman–Crippen MR) is 119 cm³/mol. The Morgan fingerprint density at radius 3 is 2.65 bits per heavy atom. The fourth-order valence-electron chi connectivity index (χ4n) is 4.17. The molecule has 1 aromatic carbocycles. The van der Waals surface area contributed by atoms with E-state index in [-0.39, 0.29) is 22.8 Å². The van der Waals surface area contributed by atoms with Crippen molar-refractivity contribution in [1.29, 1.82) is 0 Å². The second-order valence-corrected chi connectivity index (χ2v) is 10.1. The van der Waals surface area contributed by atoms with Crippen LogP contribution in [0.15, 0.2) is 35.2 Å². The number of hydrogen-bond acceptors (Lipinski definition) is 6. The van der Waals surface area contributed by atoms with E-state index in [1.54, 1.807) is 18.2 Å². The first-order valence-corrected chi connectivity index (χ1v) is 12.5. The summed E-state index contributed by atoms with van der Waals surface area (Å²) in [6, 6.07) is 4.90. The SMILES string of the molecule is O=C(Nc1cc(S(=O)(=O)N2CCOCC2)ccc1NC[C@H]1CCCO1)[C@@H]1CC=CCC1. The van der Waals surface area contributed by atoms with E-state index in [4.69, 9.17) is 9.47 Å². The van der Waals surface area contributed by atoms with Gasteiger partial charge in [0.15, 0.2) is 0 Å². The molecule has 3 aliphatic rings. The molecule has 2 N–H and O–H groups in total. The van der Waals surface area contributed by atoms with E-state index >= 15 is 0 Å². The molecule has 2 heterocycles. The summed E-state index contributed by atoms with van der Waals surface area (Å²) in [6.45, 7) is 2.82. The number of rotatable bonds is 7. The number of amides is 1. The van der Waals surface area contributed by atoms with Crippen LogP contribution in [0.4, 0.5) is 11.4 Å². The normalized spacial score (nSPS) is 24.8. The van der Waals surface area contributed by atoms with Gasteiger partial charge in [-0.15, -0.1) is 0 Å². The Morgan fingerprint density at radius 2 is 1.94 bits per heavy atom. The van der Waals surface area contributed by atoms with E-state index in [0.29, 0.717) is 50.6 Å². The second kappa shape index (κ2) is 10.1. The lowest BCUT2D eigenvalue weighted by Crippen LogP contribution is -2.40. The molecule has 31 heavy (non-hydrogen) atoms. The highest BCUT2D eigenvalue weighted by atomic mass is 32.2. The van der Waals surface area contributed by atoms with Gasteiger partial charge >= 0.3 is 0 Å². The molecule has 170 valence electrons. The van der Waals surface area contributed by atoms with Crippen LogP contribution in [0.1, 0.15) is 32.1 Å². The fraction of sp³-hybridized carbons (Fsp3) is 0.591.